The summed E-state index contributed by atoms with van der Waals surface area (Å²) in [7, 11) is 0. The smallest absolute Gasteiger partial charge is 0.407 e. The van der Waals surface area contributed by atoms with Gasteiger partial charge in [-0.05, 0) is 64.3 Å². The number of benzene rings is 1. The molecule has 3 atom stereocenters. The second-order valence-electron chi connectivity index (χ2n) is 12.6. The van der Waals surface area contributed by atoms with Crippen molar-refractivity contribution in [1.82, 2.24) is 24.4 Å². The lowest BCUT2D eigenvalue weighted by Gasteiger charge is -2.32. The van der Waals surface area contributed by atoms with Gasteiger partial charge in [0.2, 0.25) is 0 Å². The summed E-state index contributed by atoms with van der Waals surface area (Å²) >= 11 is 0. The van der Waals surface area contributed by atoms with Crippen LogP contribution in [0.4, 0.5) is 4.79 Å². The van der Waals surface area contributed by atoms with Crippen molar-refractivity contribution in [3.63, 3.8) is 0 Å². The number of nitrogens with one attached hydrogen (secondary N) is 1. The Hall–Kier alpha value is -5.35. The molecule has 0 unspecified atom stereocenters. The first-order valence-electron chi connectivity index (χ1n) is 15.8. The number of amides is 1. The second-order valence-corrected chi connectivity index (χ2v) is 12.6. The van der Waals surface area contributed by atoms with Crippen molar-refractivity contribution < 1.29 is 47.7 Å². The summed E-state index contributed by atoms with van der Waals surface area (Å²) in [5.41, 5.74) is -0.207. The van der Waals surface area contributed by atoms with Crippen molar-refractivity contribution in [3.05, 3.63) is 44.1 Å². The van der Waals surface area contributed by atoms with Crippen LogP contribution in [0.1, 0.15) is 66.0 Å². The van der Waals surface area contributed by atoms with E-state index in [1.807, 2.05) is 13.8 Å². The minimum absolute atomic E-state index is 0.0981. The quantitative estimate of drug-likeness (QED) is 0.117. The third-order valence-electron chi connectivity index (χ3n) is 7.17. The molecule has 1 aromatic rings. The monoisotopic (exact) mass is 701 g/mol. The molecular formula is C33H43N5O12. The fraction of sp³-hybridized carbons (Fsp3) is 0.545. The number of fused-ring (bicyclic) bond motifs is 2. The predicted molar refractivity (Wildman–Crippen MR) is 176 cm³/mol. The molecule has 0 bridgehead atoms. The third kappa shape index (κ3) is 10.6. The van der Waals surface area contributed by atoms with E-state index in [1.165, 1.54) is 4.57 Å². The van der Waals surface area contributed by atoms with Gasteiger partial charge in [0.05, 0.1) is 17.6 Å². The summed E-state index contributed by atoms with van der Waals surface area (Å²) in [5, 5.41) is 2.57. The highest BCUT2D eigenvalue weighted by atomic mass is 16.6. The standard InChI is InChI=1S/C33H43N5O12/c1-17-13-23-24(14-18(17)2)38(15-25(47-20(4)40)28(49-22(6)42)26(48-21(5)41)16-46-19(3)39)29-27(35-23)30(43)37(31(44)36-29)12-10-11-34-32(45)50-33(7,8)9/h13-14,25-26,28H,10-12,15-16H2,1-9H3,(H,34,45)/t25-,26+,28-/m1/s1. The lowest BCUT2D eigenvalue weighted by molar-refractivity contribution is -0.190. The molecule has 0 saturated heterocycles. The number of hydrogen-bond donors (Lipinski definition) is 1. The predicted octanol–water partition coefficient (Wildman–Crippen LogP) is 1.95. The van der Waals surface area contributed by atoms with Gasteiger partial charge < -0.3 is 33.6 Å². The SMILES string of the molecule is CC(=O)OC[C@H](OC(C)=O)[C@H](OC(C)=O)[C@@H](Cn1c2nc(=O)n(CCCNC(=O)OC(C)(C)C)c(=O)c-2nc2cc(C)c(C)cc21)OC(C)=O. The van der Waals surface area contributed by atoms with Crippen LogP contribution >= 0.6 is 0 Å². The van der Waals surface area contributed by atoms with E-state index in [4.69, 9.17) is 23.7 Å². The normalized spacial score (nSPS) is 13.2. The number of rotatable bonds is 13. The minimum Gasteiger partial charge on any atom is -0.462 e. The van der Waals surface area contributed by atoms with Crippen LogP contribution < -0.4 is 16.6 Å². The van der Waals surface area contributed by atoms with Gasteiger partial charge >= 0.3 is 35.7 Å². The molecule has 0 radical (unpaired) electrons. The van der Waals surface area contributed by atoms with E-state index in [-0.39, 0.29) is 37.6 Å². The molecule has 1 N–H and O–H groups in total. The van der Waals surface area contributed by atoms with Gasteiger partial charge in [0, 0.05) is 40.8 Å². The van der Waals surface area contributed by atoms with Gasteiger partial charge in [0.15, 0.2) is 29.8 Å². The minimum atomic E-state index is -1.53. The zero-order chi connectivity index (χ0) is 37.5. The largest absolute Gasteiger partial charge is 0.462 e. The van der Waals surface area contributed by atoms with Crippen LogP contribution in [-0.2, 0) is 56.0 Å². The van der Waals surface area contributed by atoms with Gasteiger partial charge in [-0.15, -0.1) is 0 Å². The van der Waals surface area contributed by atoms with Crippen molar-refractivity contribution in [3.8, 4) is 11.5 Å². The maximum atomic E-state index is 13.8. The van der Waals surface area contributed by atoms with E-state index in [0.717, 1.165) is 43.4 Å². The molecule has 50 heavy (non-hydrogen) atoms. The maximum absolute atomic E-state index is 13.8. The molecule has 1 aromatic carbocycles. The summed E-state index contributed by atoms with van der Waals surface area (Å²) < 4.78 is 29.1. The topological polar surface area (TPSA) is 213 Å². The van der Waals surface area contributed by atoms with Crippen LogP contribution in [0.3, 0.4) is 0 Å². The summed E-state index contributed by atoms with van der Waals surface area (Å²) in [6.45, 7) is 12.3. The Balaban J connectivity index is 2.18. The second kappa shape index (κ2) is 16.4. The molecule has 0 fully saturated rings. The average molecular weight is 702 g/mol. The molecule has 17 nitrogen and oxygen atoms in total. The zero-order valence-electron chi connectivity index (χ0n) is 29.6. The molecular weight excluding hydrogens is 658 g/mol. The van der Waals surface area contributed by atoms with E-state index >= 15 is 0 Å². The number of aryl methyl sites for hydroxylation is 2. The lowest BCUT2D eigenvalue weighted by Crippen LogP contribution is -2.49. The van der Waals surface area contributed by atoms with Crippen LogP contribution in [0.2, 0.25) is 0 Å². The zero-order valence-corrected chi connectivity index (χ0v) is 29.6. The van der Waals surface area contributed by atoms with Gasteiger partial charge in [-0.2, -0.15) is 4.98 Å². The van der Waals surface area contributed by atoms with Gasteiger partial charge in [0.25, 0.3) is 5.56 Å². The number of nitrogens with zero attached hydrogens (tertiary/aromatic N) is 4. The van der Waals surface area contributed by atoms with Crippen LogP contribution in [0.5, 0.6) is 0 Å². The van der Waals surface area contributed by atoms with Crippen LogP contribution in [-0.4, -0.2) is 86.1 Å². The molecule has 272 valence electrons. The number of ether oxygens (including phenoxy) is 5. The van der Waals surface area contributed by atoms with Crippen LogP contribution in [0.25, 0.3) is 22.6 Å². The first-order chi connectivity index (χ1) is 23.3. The molecule has 3 rings (SSSR count). The van der Waals surface area contributed by atoms with Gasteiger partial charge in [0.1, 0.15) is 12.2 Å². The maximum Gasteiger partial charge on any atom is 0.407 e. The molecule has 1 amide bonds. The first-order valence-corrected chi connectivity index (χ1v) is 15.8. The fourth-order valence-corrected chi connectivity index (χ4v) is 5.04. The molecule has 0 aliphatic carbocycles. The number of carbonyl (C=O) groups excluding carboxylic acids is 5. The summed E-state index contributed by atoms with van der Waals surface area (Å²) in [5.74, 6) is -3.34. The lowest BCUT2D eigenvalue weighted by atomic mass is 10.1. The third-order valence-corrected chi connectivity index (χ3v) is 7.17. The molecule has 17 heteroatoms. The van der Waals surface area contributed by atoms with E-state index in [1.54, 1.807) is 32.9 Å². The number of carbonyl (C=O) groups is 5. The van der Waals surface area contributed by atoms with Crippen LogP contribution in [0, 0.1) is 13.8 Å². The number of esters is 4. The van der Waals surface area contributed by atoms with Gasteiger partial charge in [-0.3, -0.25) is 28.5 Å². The van der Waals surface area contributed by atoms with Crippen molar-refractivity contribution in [1.29, 1.82) is 0 Å². The molecule has 2 aliphatic heterocycles. The molecule has 0 aromatic heterocycles. The van der Waals surface area contributed by atoms with E-state index < -0.39 is 71.7 Å². The van der Waals surface area contributed by atoms with E-state index in [0.29, 0.717) is 11.0 Å². The van der Waals surface area contributed by atoms with Crippen molar-refractivity contribution in [2.24, 2.45) is 0 Å². The van der Waals surface area contributed by atoms with Crippen molar-refractivity contribution in [2.75, 3.05) is 13.2 Å². The Kier molecular flexibility index (Phi) is 12.8. The number of aromatic nitrogens is 4. The Morgan fingerprint density at radius 3 is 2.00 bits per heavy atom. The van der Waals surface area contributed by atoms with Crippen molar-refractivity contribution in [2.45, 2.75) is 106 Å². The molecule has 2 aliphatic rings. The van der Waals surface area contributed by atoms with E-state index in [2.05, 4.69) is 15.3 Å². The highest BCUT2D eigenvalue weighted by Crippen LogP contribution is 2.26. The van der Waals surface area contributed by atoms with Crippen LogP contribution in [0.15, 0.2) is 21.7 Å². The Morgan fingerprint density at radius 1 is 0.820 bits per heavy atom. The summed E-state index contributed by atoms with van der Waals surface area (Å²) in [6, 6.07) is 3.47. The van der Waals surface area contributed by atoms with Gasteiger partial charge in [-0.1, -0.05) is 0 Å². The van der Waals surface area contributed by atoms with Crippen molar-refractivity contribution >= 4 is 41.0 Å². The average Bonchev–Trinajstić information content (AvgIpc) is 2.97. The van der Waals surface area contributed by atoms with Gasteiger partial charge in [-0.25, -0.2) is 14.6 Å². The molecule has 2 heterocycles. The highest BCUT2D eigenvalue weighted by molar-refractivity contribution is 5.81. The molecule has 0 saturated carbocycles. The Bertz CT molecular complexity index is 1860. The Labute approximate surface area is 287 Å². The fourth-order valence-electron chi connectivity index (χ4n) is 5.04. The molecule has 0 spiro atoms. The van der Waals surface area contributed by atoms with E-state index in [9.17, 15) is 33.6 Å². The summed E-state index contributed by atoms with van der Waals surface area (Å²) in [4.78, 5) is 96.4. The summed E-state index contributed by atoms with van der Waals surface area (Å²) in [6.07, 6.45) is -4.85. The number of hydrogen-bond acceptors (Lipinski definition) is 14. The Morgan fingerprint density at radius 2 is 1.42 bits per heavy atom. The highest BCUT2D eigenvalue weighted by Gasteiger charge is 2.39. The number of alkyl carbamates (subject to hydrolysis) is 1. The first kappa shape index (κ1) is 39.1.